The number of esters is 4. The second-order valence-electron chi connectivity index (χ2n) is 13.7. The van der Waals surface area contributed by atoms with E-state index in [1.807, 2.05) is 6.07 Å². The summed E-state index contributed by atoms with van der Waals surface area (Å²) in [6, 6.07) is 4.12. The molecule has 244 valence electrons. The van der Waals surface area contributed by atoms with Crippen LogP contribution in [0.4, 0.5) is 0 Å². The monoisotopic (exact) mass is 616 g/mol. The lowest BCUT2D eigenvalue weighted by molar-refractivity contribution is -0.288. The number of ether oxygens (including phenoxy) is 6. The molecule has 1 heterocycles. The van der Waals surface area contributed by atoms with Crippen molar-refractivity contribution in [3.05, 3.63) is 28.8 Å². The Hall–Kier alpha value is -3.14. The maximum Gasteiger partial charge on any atom is 0.303 e. The smallest absolute Gasteiger partial charge is 0.303 e. The average molecular weight is 617 g/mol. The third-order valence-electron chi connectivity index (χ3n) is 9.61. The van der Waals surface area contributed by atoms with Crippen LogP contribution in [0.15, 0.2) is 12.1 Å². The molecule has 7 atom stereocenters. The molecular formula is C34H48O10. The first-order valence-electron chi connectivity index (χ1n) is 15.7. The van der Waals surface area contributed by atoms with E-state index in [0.29, 0.717) is 11.7 Å². The Morgan fingerprint density at radius 3 is 2.07 bits per heavy atom. The Labute approximate surface area is 260 Å². The second kappa shape index (κ2) is 13.1. The van der Waals surface area contributed by atoms with E-state index >= 15 is 0 Å². The largest absolute Gasteiger partial charge is 0.463 e. The van der Waals surface area contributed by atoms with Gasteiger partial charge in [-0.3, -0.25) is 19.2 Å². The van der Waals surface area contributed by atoms with E-state index in [1.54, 1.807) is 0 Å². The number of carbonyl (C=O) groups is 4. The van der Waals surface area contributed by atoms with Crippen molar-refractivity contribution < 1.29 is 47.6 Å². The molecular weight excluding hydrogens is 568 g/mol. The lowest BCUT2D eigenvalue weighted by Gasteiger charge is -2.55. The van der Waals surface area contributed by atoms with E-state index < -0.39 is 54.6 Å². The van der Waals surface area contributed by atoms with E-state index in [0.717, 1.165) is 24.8 Å². The minimum Gasteiger partial charge on any atom is -0.463 e. The number of benzene rings is 1. The predicted octanol–water partition coefficient (Wildman–Crippen LogP) is 5.30. The fourth-order valence-corrected chi connectivity index (χ4v) is 8.03. The van der Waals surface area contributed by atoms with Crippen LogP contribution >= 0.6 is 0 Å². The zero-order valence-electron chi connectivity index (χ0n) is 27.5. The highest BCUT2D eigenvalue weighted by molar-refractivity contribution is 5.68. The molecule has 1 saturated heterocycles. The van der Waals surface area contributed by atoms with Gasteiger partial charge < -0.3 is 28.4 Å². The molecule has 0 amide bonds. The number of rotatable bonds is 8. The molecule has 2 fully saturated rings. The van der Waals surface area contributed by atoms with Crippen LogP contribution in [0.25, 0.3) is 0 Å². The van der Waals surface area contributed by atoms with Crippen molar-refractivity contribution in [2.24, 2.45) is 11.3 Å². The van der Waals surface area contributed by atoms with Gasteiger partial charge in [-0.25, -0.2) is 0 Å². The zero-order chi connectivity index (χ0) is 32.6. The Bertz CT molecular complexity index is 1270. The number of hydrogen-bond acceptors (Lipinski definition) is 10. The number of hydrogen-bond donors (Lipinski definition) is 0. The van der Waals surface area contributed by atoms with E-state index in [9.17, 15) is 19.2 Å². The molecule has 3 aliphatic rings. The van der Waals surface area contributed by atoms with Gasteiger partial charge in [0.2, 0.25) is 12.4 Å². The minimum absolute atomic E-state index is 0.0475. The van der Waals surface area contributed by atoms with Crippen LogP contribution in [0.5, 0.6) is 5.75 Å². The van der Waals surface area contributed by atoms with Crippen molar-refractivity contribution in [3.8, 4) is 5.75 Å². The molecule has 1 aromatic carbocycles. The van der Waals surface area contributed by atoms with Gasteiger partial charge in [-0.15, -0.1) is 0 Å². The predicted molar refractivity (Wildman–Crippen MR) is 160 cm³/mol. The first kappa shape index (κ1) is 33.7. The molecule has 0 radical (unpaired) electrons. The molecule has 0 N–H and O–H groups in total. The molecule has 10 heteroatoms. The van der Waals surface area contributed by atoms with Gasteiger partial charge in [0, 0.05) is 33.3 Å². The first-order chi connectivity index (χ1) is 20.5. The van der Waals surface area contributed by atoms with Crippen LogP contribution in [0.3, 0.4) is 0 Å². The molecule has 44 heavy (non-hydrogen) atoms. The van der Waals surface area contributed by atoms with Crippen LogP contribution in [-0.2, 0) is 54.7 Å². The van der Waals surface area contributed by atoms with Gasteiger partial charge in [0.05, 0.1) is 0 Å². The lowest BCUT2D eigenvalue weighted by Crippen LogP contribution is -2.63. The van der Waals surface area contributed by atoms with E-state index in [1.165, 1.54) is 51.7 Å². The summed E-state index contributed by atoms with van der Waals surface area (Å²) in [7, 11) is 0. The van der Waals surface area contributed by atoms with E-state index in [4.69, 9.17) is 28.4 Å². The summed E-state index contributed by atoms with van der Waals surface area (Å²) in [5.74, 6) is -1.38. The Balaban J connectivity index is 1.78. The van der Waals surface area contributed by atoms with Crippen LogP contribution in [0.2, 0.25) is 0 Å². The average Bonchev–Trinajstić information content (AvgIpc) is 2.89. The van der Waals surface area contributed by atoms with Crippen molar-refractivity contribution in [1.82, 2.24) is 0 Å². The summed E-state index contributed by atoms with van der Waals surface area (Å²) in [6.45, 7) is 16.0. The van der Waals surface area contributed by atoms with Gasteiger partial charge in [0.1, 0.15) is 18.5 Å². The molecule has 0 unspecified atom stereocenters. The molecule has 1 aliphatic heterocycles. The topological polar surface area (TPSA) is 124 Å². The first-order valence-corrected chi connectivity index (χ1v) is 15.7. The van der Waals surface area contributed by atoms with Gasteiger partial charge in [-0.05, 0) is 65.5 Å². The molecule has 0 aromatic heterocycles. The van der Waals surface area contributed by atoms with Crippen molar-refractivity contribution in [2.75, 3.05) is 6.61 Å². The minimum atomic E-state index is -1.29. The van der Waals surface area contributed by atoms with Gasteiger partial charge in [0.15, 0.2) is 12.2 Å². The third-order valence-corrected chi connectivity index (χ3v) is 9.61. The summed E-state index contributed by atoms with van der Waals surface area (Å²) < 4.78 is 34.7. The quantitative estimate of drug-likeness (QED) is 0.281. The molecule has 0 bridgehead atoms. The SMILES string of the molecule is CC(=O)OC[C@H]1O[C@@H](Oc2ccc3c(c2C(C)C)CC[C@H]2C(C)(C)CCC[C@]32C)[C@H](OC(C)=O)[C@@H](OC(C)=O)[C@H]1OC(C)=O. The Kier molecular flexibility index (Phi) is 10.0. The Morgan fingerprint density at radius 2 is 1.48 bits per heavy atom. The van der Waals surface area contributed by atoms with Gasteiger partial charge in [0.25, 0.3) is 0 Å². The zero-order valence-corrected chi connectivity index (χ0v) is 27.5. The highest BCUT2D eigenvalue weighted by Crippen LogP contribution is 2.58. The molecule has 0 spiro atoms. The van der Waals surface area contributed by atoms with Crippen molar-refractivity contribution in [2.45, 2.75) is 136 Å². The normalized spacial score (nSPS) is 30.8. The summed E-state index contributed by atoms with van der Waals surface area (Å²) in [6.07, 6.45) is -0.620. The fraction of sp³-hybridized carbons (Fsp3) is 0.706. The highest BCUT2D eigenvalue weighted by atomic mass is 16.7. The van der Waals surface area contributed by atoms with E-state index in [-0.39, 0.29) is 23.4 Å². The molecule has 1 aromatic rings. The van der Waals surface area contributed by atoms with Crippen molar-refractivity contribution in [3.63, 3.8) is 0 Å². The summed E-state index contributed by atoms with van der Waals surface area (Å²) in [5.41, 5.74) is 4.00. The third kappa shape index (κ3) is 6.90. The summed E-state index contributed by atoms with van der Waals surface area (Å²) >= 11 is 0. The maximum absolute atomic E-state index is 12.3. The van der Waals surface area contributed by atoms with Gasteiger partial charge in [-0.2, -0.15) is 0 Å². The summed E-state index contributed by atoms with van der Waals surface area (Å²) in [4.78, 5) is 48.3. The van der Waals surface area contributed by atoms with Crippen molar-refractivity contribution >= 4 is 23.9 Å². The molecule has 1 saturated carbocycles. The standard InChI is InChI=1S/C34H48O10/c1-18(2)28-23-11-14-27-33(7,8)15-10-16-34(27,9)24(23)12-13-25(28)43-32-31(42-22(6)38)30(41-21(5)37)29(40-20(4)36)26(44-32)17-39-19(3)35/h12-13,18,26-27,29-32H,10-11,14-17H2,1-9H3/t26-,27+,29+,30+,31-,32-,34-/m1/s1. The second-order valence-corrected chi connectivity index (χ2v) is 13.7. The summed E-state index contributed by atoms with van der Waals surface area (Å²) in [5, 5.41) is 0. The molecule has 2 aliphatic carbocycles. The van der Waals surface area contributed by atoms with E-state index in [2.05, 4.69) is 40.7 Å². The fourth-order valence-electron chi connectivity index (χ4n) is 8.03. The van der Waals surface area contributed by atoms with Crippen LogP contribution < -0.4 is 4.74 Å². The van der Waals surface area contributed by atoms with Gasteiger partial charge in [-0.1, -0.05) is 47.1 Å². The van der Waals surface area contributed by atoms with Crippen LogP contribution in [-0.4, -0.2) is 61.2 Å². The number of fused-ring (bicyclic) bond motifs is 3. The lowest BCUT2D eigenvalue weighted by atomic mass is 9.50. The molecule has 4 rings (SSSR count). The Morgan fingerprint density at radius 1 is 0.864 bits per heavy atom. The number of carbonyl (C=O) groups excluding carboxylic acids is 4. The van der Waals surface area contributed by atoms with Crippen LogP contribution in [0.1, 0.15) is 111 Å². The van der Waals surface area contributed by atoms with Crippen LogP contribution in [0, 0.1) is 11.3 Å². The molecule has 10 nitrogen and oxygen atoms in total. The van der Waals surface area contributed by atoms with Crippen molar-refractivity contribution in [1.29, 1.82) is 0 Å². The van der Waals surface area contributed by atoms with Gasteiger partial charge >= 0.3 is 23.9 Å². The highest BCUT2D eigenvalue weighted by Gasteiger charge is 2.54. The maximum atomic E-state index is 12.3.